The highest BCUT2D eigenvalue weighted by molar-refractivity contribution is 8.18. The molecular formula is C18H32O2S2. The van der Waals surface area contributed by atoms with Crippen molar-refractivity contribution in [2.45, 2.75) is 63.1 Å². The fourth-order valence-electron chi connectivity index (χ4n) is 3.12. The minimum Gasteiger partial charge on any atom is -0.400 e. The Bertz CT molecular complexity index is 381. The van der Waals surface area contributed by atoms with Crippen molar-refractivity contribution in [1.82, 2.24) is 0 Å². The molecule has 2 unspecified atom stereocenters. The number of aliphatic hydroxyl groups is 2. The van der Waals surface area contributed by atoms with Gasteiger partial charge in [0.05, 0.1) is 10.2 Å². The number of allylic oxidation sites excluding steroid dienone is 3. The first-order valence-corrected chi connectivity index (χ1v) is 10.2. The van der Waals surface area contributed by atoms with Crippen LogP contribution in [-0.2, 0) is 0 Å². The summed E-state index contributed by atoms with van der Waals surface area (Å²) in [6.45, 7) is 6.50. The van der Waals surface area contributed by atoms with E-state index in [-0.39, 0.29) is 6.10 Å². The second kappa shape index (κ2) is 10.1. The van der Waals surface area contributed by atoms with Gasteiger partial charge in [-0.15, -0.1) is 23.5 Å². The van der Waals surface area contributed by atoms with Crippen molar-refractivity contribution in [3.63, 3.8) is 0 Å². The summed E-state index contributed by atoms with van der Waals surface area (Å²) in [5, 5.41) is 17.4. The molecule has 1 heterocycles. The molecule has 2 rings (SSSR count). The molecular weight excluding hydrogens is 312 g/mol. The van der Waals surface area contributed by atoms with Gasteiger partial charge in [-0.25, -0.2) is 0 Å². The van der Waals surface area contributed by atoms with E-state index in [1.807, 2.05) is 0 Å². The summed E-state index contributed by atoms with van der Waals surface area (Å²) in [6.07, 6.45) is 10.1. The molecule has 1 saturated heterocycles. The summed E-state index contributed by atoms with van der Waals surface area (Å²) < 4.78 is 0.397. The highest BCUT2D eigenvalue weighted by Gasteiger charge is 2.42. The Morgan fingerprint density at radius 3 is 2.36 bits per heavy atom. The average molecular weight is 345 g/mol. The monoisotopic (exact) mass is 344 g/mol. The van der Waals surface area contributed by atoms with E-state index >= 15 is 0 Å². The first-order chi connectivity index (χ1) is 10.5. The van der Waals surface area contributed by atoms with Gasteiger partial charge in [-0.3, -0.25) is 0 Å². The number of hydrogen-bond acceptors (Lipinski definition) is 4. The highest BCUT2D eigenvalue weighted by Crippen LogP contribution is 2.53. The summed E-state index contributed by atoms with van der Waals surface area (Å²) in [7, 11) is 1.00. The van der Waals surface area contributed by atoms with E-state index in [1.165, 1.54) is 35.5 Å². The molecule has 1 aliphatic heterocycles. The molecule has 1 spiro atoms. The van der Waals surface area contributed by atoms with Crippen molar-refractivity contribution in [1.29, 1.82) is 0 Å². The van der Waals surface area contributed by atoms with Gasteiger partial charge in [0.15, 0.2) is 0 Å². The molecule has 2 nitrogen and oxygen atoms in total. The Kier molecular flexibility index (Phi) is 9.22. The molecule has 2 aliphatic rings. The lowest BCUT2D eigenvalue weighted by Gasteiger charge is -2.44. The number of thioether (sulfide) groups is 2. The molecule has 128 valence electrons. The van der Waals surface area contributed by atoms with E-state index < -0.39 is 0 Å². The van der Waals surface area contributed by atoms with Crippen LogP contribution in [0, 0.1) is 5.92 Å². The quantitative estimate of drug-likeness (QED) is 0.733. The average Bonchev–Trinajstić information content (AvgIpc) is 2.52. The molecule has 2 fully saturated rings. The maximum absolute atomic E-state index is 10.4. The lowest BCUT2D eigenvalue weighted by Crippen LogP contribution is -2.39. The number of rotatable bonds is 3. The summed E-state index contributed by atoms with van der Waals surface area (Å²) >= 11 is 4.30. The molecule has 1 saturated carbocycles. The maximum Gasteiger partial charge on any atom is 0.0618 e. The van der Waals surface area contributed by atoms with E-state index in [4.69, 9.17) is 5.11 Å². The van der Waals surface area contributed by atoms with Crippen LogP contribution in [0.1, 0.15) is 52.9 Å². The second-order valence-corrected chi connectivity index (χ2v) is 9.56. The van der Waals surface area contributed by atoms with Crippen LogP contribution in [0.25, 0.3) is 0 Å². The van der Waals surface area contributed by atoms with Crippen molar-refractivity contribution in [3.8, 4) is 0 Å². The number of aliphatic hydroxyl groups excluding tert-OH is 2. The standard InChI is InChI=1S/C17H28OS2.CH4O/c1-13(2)6-4-7-14(3)15-12-17(9-8-16(15)18)19-10-5-11-20-17;1-2/h6-7,15-16,18H,4-5,8-12H2,1-3H3;2H,1H3/b14-7+;. The second-order valence-electron chi connectivity index (χ2n) is 6.34. The Morgan fingerprint density at radius 1 is 1.14 bits per heavy atom. The smallest absolute Gasteiger partial charge is 0.0618 e. The van der Waals surface area contributed by atoms with Gasteiger partial charge in [-0.05, 0) is 64.4 Å². The maximum atomic E-state index is 10.4. The molecule has 0 aromatic rings. The van der Waals surface area contributed by atoms with Crippen molar-refractivity contribution in [3.05, 3.63) is 23.3 Å². The van der Waals surface area contributed by atoms with Gasteiger partial charge in [0.25, 0.3) is 0 Å². The zero-order valence-corrected chi connectivity index (χ0v) is 16.1. The van der Waals surface area contributed by atoms with Crippen molar-refractivity contribution in [2.24, 2.45) is 5.92 Å². The van der Waals surface area contributed by atoms with Crippen molar-refractivity contribution < 1.29 is 10.2 Å². The predicted molar refractivity (Wildman–Crippen MR) is 102 cm³/mol. The van der Waals surface area contributed by atoms with Crippen LogP contribution < -0.4 is 0 Å². The van der Waals surface area contributed by atoms with Gasteiger partial charge in [0.2, 0.25) is 0 Å². The van der Waals surface area contributed by atoms with Crippen LogP contribution >= 0.6 is 23.5 Å². The van der Waals surface area contributed by atoms with E-state index in [0.717, 1.165) is 26.4 Å². The van der Waals surface area contributed by atoms with Crippen LogP contribution in [-0.4, -0.2) is 39.0 Å². The van der Waals surface area contributed by atoms with Gasteiger partial charge >= 0.3 is 0 Å². The normalized spacial score (nSPS) is 27.8. The Balaban J connectivity index is 0.00000116. The van der Waals surface area contributed by atoms with Crippen LogP contribution in [0.5, 0.6) is 0 Å². The van der Waals surface area contributed by atoms with E-state index in [0.29, 0.717) is 10.00 Å². The van der Waals surface area contributed by atoms with E-state index in [1.54, 1.807) is 0 Å². The topological polar surface area (TPSA) is 40.5 Å². The molecule has 2 N–H and O–H groups in total. The molecule has 1 aliphatic carbocycles. The third-order valence-electron chi connectivity index (χ3n) is 4.39. The Hall–Kier alpha value is 0.1000. The molecule has 0 radical (unpaired) electrons. The van der Waals surface area contributed by atoms with Crippen LogP contribution in [0.4, 0.5) is 0 Å². The summed E-state index contributed by atoms with van der Waals surface area (Å²) in [5.74, 6) is 2.97. The zero-order valence-electron chi connectivity index (χ0n) is 14.5. The van der Waals surface area contributed by atoms with Crippen LogP contribution in [0.15, 0.2) is 23.3 Å². The highest BCUT2D eigenvalue weighted by atomic mass is 32.2. The largest absolute Gasteiger partial charge is 0.400 e. The molecule has 0 aromatic carbocycles. The van der Waals surface area contributed by atoms with Gasteiger partial charge in [0.1, 0.15) is 0 Å². The van der Waals surface area contributed by atoms with Crippen molar-refractivity contribution in [2.75, 3.05) is 18.6 Å². The van der Waals surface area contributed by atoms with Gasteiger partial charge < -0.3 is 10.2 Å². The van der Waals surface area contributed by atoms with Gasteiger partial charge in [-0.1, -0.05) is 23.3 Å². The fourth-order valence-corrected chi connectivity index (χ4v) is 6.57. The minimum atomic E-state index is -0.133. The molecule has 2 atom stereocenters. The first kappa shape index (κ1) is 20.1. The minimum absolute atomic E-state index is 0.133. The number of hydrogen-bond donors (Lipinski definition) is 2. The molecule has 22 heavy (non-hydrogen) atoms. The molecule has 0 aromatic heterocycles. The van der Waals surface area contributed by atoms with Crippen molar-refractivity contribution >= 4 is 23.5 Å². The zero-order chi connectivity index (χ0) is 16.6. The third kappa shape index (κ3) is 5.95. The van der Waals surface area contributed by atoms with Crippen LogP contribution in [0.3, 0.4) is 0 Å². The summed E-state index contributed by atoms with van der Waals surface area (Å²) in [4.78, 5) is 0. The lowest BCUT2D eigenvalue weighted by molar-refractivity contribution is 0.0856. The fraction of sp³-hybridized carbons (Fsp3) is 0.778. The molecule has 0 bridgehead atoms. The first-order valence-electron chi connectivity index (χ1n) is 8.23. The SMILES string of the molecule is CC(C)=CC/C=C(\C)C1CC2(CCC1O)SCCCS2.CO. The van der Waals surface area contributed by atoms with Gasteiger partial charge in [-0.2, -0.15) is 0 Å². The Labute approximate surface area is 144 Å². The van der Waals surface area contributed by atoms with E-state index in [9.17, 15) is 5.11 Å². The summed E-state index contributed by atoms with van der Waals surface area (Å²) in [5.41, 5.74) is 2.76. The van der Waals surface area contributed by atoms with E-state index in [2.05, 4.69) is 56.4 Å². The van der Waals surface area contributed by atoms with Crippen LogP contribution in [0.2, 0.25) is 0 Å². The lowest BCUT2D eigenvalue weighted by atomic mass is 9.81. The van der Waals surface area contributed by atoms with Gasteiger partial charge in [0, 0.05) is 13.0 Å². The predicted octanol–water partition coefficient (Wildman–Crippen LogP) is 4.62. The Morgan fingerprint density at radius 2 is 1.77 bits per heavy atom. The third-order valence-corrected chi connectivity index (χ3v) is 7.87. The molecule has 4 heteroatoms. The summed E-state index contributed by atoms with van der Waals surface area (Å²) in [6, 6.07) is 0. The molecule has 0 amide bonds.